The molecule has 98 valence electrons. The van der Waals surface area contributed by atoms with Gasteiger partial charge in [-0.15, -0.1) is 0 Å². The van der Waals surface area contributed by atoms with E-state index in [-0.39, 0.29) is 0 Å². The van der Waals surface area contributed by atoms with Crippen LogP contribution in [0.25, 0.3) is 11.1 Å². The minimum Gasteiger partial charge on any atom is -0.448 e. The number of benzene rings is 1. The van der Waals surface area contributed by atoms with E-state index in [1.165, 1.54) is 0 Å². The van der Waals surface area contributed by atoms with Crippen LogP contribution in [-0.4, -0.2) is 10.9 Å². The summed E-state index contributed by atoms with van der Waals surface area (Å²) in [6.45, 7) is 0. The van der Waals surface area contributed by atoms with Crippen LogP contribution in [0.5, 0.6) is 11.5 Å². The molecule has 2 aromatic rings. The molecule has 2 N–H and O–H groups in total. The molecule has 5 nitrogen and oxygen atoms in total. The number of hydrogen-bond acceptors (Lipinski definition) is 5. The Morgan fingerprint density at radius 1 is 1.11 bits per heavy atom. The molecule has 19 heavy (non-hydrogen) atoms. The van der Waals surface area contributed by atoms with Crippen LogP contribution >= 0.6 is 0 Å². The molecule has 0 saturated heterocycles. The number of aromatic nitrogens is 1. The lowest BCUT2D eigenvalue weighted by atomic mass is 10.1. The summed E-state index contributed by atoms with van der Waals surface area (Å²) < 4.78 is 16.9. The molecule has 0 amide bonds. The fourth-order valence-corrected chi connectivity index (χ4v) is 2.84. The monoisotopic (exact) mass is 258 g/mol. The molecule has 1 aromatic carbocycles. The Morgan fingerprint density at radius 2 is 1.89 bits per heavy atom. The molecule has 1 fully saturated rings. The van der Waals surface area contributed by atoms with Crippen molar-refractivity contribution in [3.63, 3.8) is 0 Å². The van der Waals surface area contributed by atoms with E-state index in [0.29, 0.717) is 5.88 Å². The molecule has 5 heteroatoms. The van der Waals surface area contributed by atoms with Gasteiger partial charge in [-0.1, -0.05) is 11.2 Å². The first-order valence-electron chi connectivity index (χ1n) is 6.48. The third-order valence-corrected chi connectivity index (χ3v) is 3.81. The normalized spacial score (nSPS) is 19.2. The largest absolute Gasteiger partial charge is 0.448 e. The SMILES string of the molecule is Nc1oncc1-c1ccc2c(c1)OC1(CCCC1)O2. The number of nitrogen functional groups attached to an aromatic ring is 1. The van der Waals surface area contributed by atoms with Gasteiger partial charge >= 0.3 is 0 Å². The van der Waals surface area contributed by atoms with Crippen molar-refractivity contribution in [3.05, 3.63) is 24.4 Å². The first kappa shape index (κ1) is 10.7. The van der Waals surface area contributed by atoms with Gasteiger partial charge in [0.2, 0.25) is 5.88 Å². The summed E-state index contributed by atoms with van der Waals surface area (Å²) in [5.74, 6) is 1.47. The highest BCUT2D eigenvalue weighted by molar-refractivity contribution is 5.74. The van der Waals surface area contributed by atoms with Crippen molar-refractivity contribution in [2.45, 2.75) is 31.5 Å². The van der Waals surface area contributed by atoms with Crippen LogP contribution in [-0.2, 0) is 0 Å². The molecule has 0 unspecified atom stereocenters. The van der Waals surface area contributed by atoms with Crippen LogP contribution in [0.3, 0.4) is 0 Å². The van der Waals surface area contributed by atoms with Gasteiger partial charge in [-0.05, 0) is 30.5 Å². The maximum atomic E-state index is 6.02. The molecule has 0 bridgehead atoms. The molecule has 0 radical (unpaired) electrons. The quantitative estimate of drug-likeness (QED) is 0.851. The summed E-state index contributed by atoms with van der Waals surface area (Å²) >= 11 is 0. The zero-order chi connectivity index (χ0) is 12.9. The lowest BCUT2D eigenvalue weighted by Gasteiger charge is -2.21. The summed E-state index contributed by atoms with van der Waals surface area (Å²) in [5, 5.41) is 3.69. The third kappa shape index (κ3) is 1.58. The average molecular weight is 258 g/mol. The van der Waals surface area contributed by atoms with Gasteiger partial charge in [-0.25, -0.2) is 0 Å². The summed E-state index contributed by atoms with van der Waals surface area (Å²) in [6, 6.07) is 5.80. The van der Waals surface area contributed by atoms with Crippen LogP contribution in [0.2, 0.25) is 0 Å². The number of ether oxygens (including phenoxy) is 2. The zero-order valence-electron chi connectivity index (χ0n) is 10.4. The molecule has 1 spiro atoms. The van der Waals surface area contributed by atoms with E-state index >= 15 is 0 Å². The lowest BCUT2D eigenvalue weighted by molar-refractivity contribution is -0.0716. The Balaban J connectivity index is 1.72. The van der Waals surface area contributed by atoms with Crippen molar-refractivity contribution in [1.29, 1.82) is 0 Å². The van der Waals surface area contributed by atoms with Gasteiger partial charge in [0.15, 0.2) is 11.5 Å². The highest BCUT2D eigenvalue weighted by Gasteiger charge is 2.44. The predicted molar refractivity (Wildman–Crippen MR) is 68.8 cm³/mol. The molecule has 2 heterocycles. The molecule has 0 atom stereocenters. The van der Waals surface area contributed by atoms with Gasteiger partial charge in [0.25, 0.3) is 5.79 Å². The first-order valence-corrected chi connectivity index (χ1v) is 6.48. The summed E-state index contributed by atoms with van der Waals surface area (Å²) in [5.41, 5.74) is 7.44. The molecule has 2 aliphatic rings. The summed E-state index contributed by atoms with van der Waals surface area (Å²) in [7, 11) is 0. The van der Waals surface area contributed by atoms with Crippen molar-refractivity contribution >= 4 is 5.88 Å². The smallest absolute Gasteiger partial charge is 0.251 e. The maximum absolute atomic E-state index is 6.02. The second-order valence-electron chi connectivity index (χ2n) is 5.09. The molecule has 1 aliphatic heterocycles. The summed E-state index contributed by atoms with van der Waals surface area (Å²) in [4.78, 5) is 0. The highest BCUT2D eigenvalue weighted by atomic mass is 16.7. The minimum atomic E-state index is -0.429. The van der Waals surface area contributed by atoms with E-state index in [9.17, 15) is 0 Å². The van der Waals surface area contributed by atoms with Crippen molar-refractivity contribution < 1.29 is 14.0 Å². The van der Waals surface area contributed by atoms with Crippen LogP contribution in [0.4, 0.5) is 5.88 Å². The maximum Gasteiger partial charge on any atom is 0.251 e. The number of hydrogen-bond donors (Lipinski definition) is 1. The van der Waals surface area contributed by atoms with Crippen molar-refractivity contribution in [1.82, 2.24) is 5.16 Å². The van der Waals surface area contributed by atoms with E-state index in [4.69, 9.17) is 19.7 Å². The fraction of sp³-hybridized carbons (Fsp3) is 0.357. The van der Waals surface area contributed by atoms with Crippen LogP contribution in [0, 0.1) is 0 Å². The van der Waals surface area contributed by atoms with Gasteiger partial charge < -0.3 is 19.7 Å². The highest BCUT2D eigenvalue weighted by Crippen LogP contribution is 2.47. The topological polar surface area (TPSA) is 70.5 Å². The molecular weight excluding hydrogens is 244 g/mol. The second-order valence-corrected chi connectivity index (χ2v) is 5.09. The Kier molecular flexibility index (Phi) is 2.07. The van der Waals surface area contributed by atoms with Crippen LogP contribution in [0.15, 0.2) is 28.9 Å². The van der Waals surface area contributed by atoms with Gasteiger partial charge in [0, 0.05) is 12.8 Å². The first-order chi connectivity index (χ1) is 9.26. The van der Waals surface area contributed by atoms with E-state index < -0.39 is 5.79 Å². The molecule has 1 aliphatic carbocycles. The fourth-order valence-electron chi connectivity index (χ4n) is 2.84. The van der Waals surface area contributed by atoms with Crippen LogP contribution in [0.1, 0.15) is 25.7 Å². The van der Waals surface area contributed by atoms with E-state index in [0.717, 1.165) is 48.3 Å². The molecular formula is C14H14N2O3. The Labute approximate surface area is 110 Å². The summed E-state index contributed by atoms with van der Waals surface area (Å²) in [6.07, 6.45) is 5.82. The van der Waals surface area contributed by atoms with E-state index in [2.05, 4.69) is 5.16 Å². The number of fused-ring (bicyclic) bond motifs is 1. The molecule has 1 aromatic heterocycles. The van der Waals surface area contributed by atoms with Gasteiger partial charge in [-0.2, -0.15) is 0 Å². The lowest BCUT2D eigenvalue weighted by Crippen LogP contribution is -2.34. The van der Waals surface area contributed by atoms with Crippen molar-refractivity contribution in [2.75, 3.05) is 5.73 Å². The van der Waals surface area contributed by atoms with E-state index in [1.807, 2.05) is 18.2 Å². The van der Waals surface area contributed by atoms with Crippen molar-refractivity contribution in [2.24, 2.45) is 0 Å². The Bertz CT molecular complexity index is 629. The number of nitrogens with two attached hydrogens (primary N) is 1. The number of rotatable bonds is 1. The van der Waals surface area contributed by atoms with Crippen molar-refractivity contribution in [3.8, 4) is 22.6 Å². The number of anilines is 1. The average Bonchev–Trinajstić information content (AvgIpc) is 3.09. The second kappa shape index (κ2) is 3.66. The standard InChI is InChI=1S/C14H14N2O3/c15-13-10(8-16-19-13)9-3-4-11-12(7-9)18-14(17-11)5-1-2-6-14/h3-4,7-8H,1-2,5-6,15H2. The van der Waals surface area contributed by atoms with Crippen LogP contribution < -0.4 is 15.2 Å². The predicted octanol–water partition coefficient (Wildman–Crippen LogP) is 2.97. The van der Waals surface area contributed by atoms with E-state index in [1.54, 1.807) is 6.20 Å². The number of nitrogens with zero attached hydrogens (tertiary/aromatic N) is 1. The Hall–Kier alpha value is -2.17. The zero-order valence-corrected chi connectivity index (χ0v) is 10.4. The molecule has 4 rings (SSSR count). The third-order valence-electron chi connectivity index (χ3n) is 3.81. The minimum absolute atomic E-state index is 0.314. The van der Waals surface area contributed by atoms with Gasteiger partial charge in [0.05, 0.1) is 11.8 Å². The van der Waals surface area contributed by atoms with Gasteiger partial charge in [-0.3, -0.25) is 0 Å². The molecule has 1 saturated carbocycles. The van der Waals surface area contributed by atoms with Gasteiger partial charge in [0.1, 0.15) is 0 Å². The Morgan fingerprint density at radius 3 is 2.63 bits per heavy atom.